The van der Waals surface area contributed by atoms with Crippen LogP contribution in [-0.4, -0.2) is 22.4 Å². The number of hydrogen-bond acceptors (Lipinski definition) is 2. The van der Waals surface area contributed by atoms with Crippen molar-refractivity contribution in [3.05, 3.63) is 23.8 Å². The quantitative estimate of drug-likeness (QED) is 0.419. The maximum Gasteiger partial charge on any atom is 0.0757 e. The minimum atomic E-state index is -0.323. The van der Waals surface area contributed by atoms with Crippen molar-refractivity contribution in [2.45, 2.75) is 118 Å². The molecule has 3 fully saturated rings. The van der Waals surface area contributed by atoms with Crippen molar-refractivity contribution in [3.8, 4) is 0 Å². The lowest BCUT2D eigenvalue weighted by atomic mass is 9.46. The van der Waals surface area contributed by atoms with Crippen LogP contribution in [0.4, 0.5) is 0 Å². The highest BCUT2D eigenvalue weighted by Gasteiger charge is 2.61. The normalized spacial score (nSPS) is 44.8. The highest BCUT2D eigenvalue weighted by molar-refractivity contribution is 5.28. The van der Waals surface area contributed by atoms with E-state index >= 15 is 0 Å². The Kier molecular flexibility index (Phi) is 6.80. The average molecular weight is 457 g/mol. The second-order valence-corrected chi connectivity index (χ2v) is 14.3. The molecule has 0 radical (unpaired) electrons. The Bertz CT molecular complexity index is 774. The van der Waals surface area contributed by atoms with E-state index in [-0.39, 0.29) is 23.0 Å². The molecule has 0 aromatic heterocycles. The van der Waals surface area contributed by atoms with E-state index in [1.165, 1.54) is 49.7 Å². The molecule has 2 nitrogen and oxygen atoms in total. The van der Waals surface area contributed by atoms with Gasteiger partial charge in [-0.25, -0.2) is 0 Å². The molecule has 2 N–H and O–H groups in total. The van der Waals surface area contributed by atoms with Gasteiger partial charge in [-0.1, -0.05) is 65.3 Å². The molecule has 10 atom stereocenters. The fourth-order valence-electron chi connectivity index (χ4n) is 9.65. The SMILES string of the molecule is C=C(C)C(CCC(C)[C@H]1CCC2C3C(CC[C@@]21C)[C@@]1(C)CC[C@H](O)CC1=C[C@@H]3O)C(C)(C)C. The molecule has 3 saturated carbocycles. The van der Waals surface area contributed by atoms with E-state index in [9.17, 15) is 10.2 Å². The maximum absolute atomic E-state index is 11.4. The lowest BCUT2D eigenvalue weighted by molar-refractivity contribution is -0.0972. The van der Waals surface area contributed by atoms with Gasteiger partial charge in [-0.05, 0) is 116 Å². The summed E-state index contributed by atoms with van der Waals surface area (Å²) in [6.07, 6.45) is 12.2. The van der Waals surface area contributed by atoms with Gasteiger partial charge in [0.1, 0.15) is 0 Å². The second kappa shape index (κ2) is 8.81. The van der Waals surface area contributed by atoms with Crippen LogP contribution in [0.5, 0.6) is 0 Å². The summed E-state index contributed by atoms with van der Waals surface area (Å²) in [5.74, 6) is 3.72. The third-order valence-corrected chi connectivity index (χ3v) is 11.4. The van der Waals surface area contributed by atoms with Crippen molar-refractivity contribution in [1.82, 2.24) is 0 Å². The Balaban J connectivity index is 1.51. The van der Waals surface area contributed by atoms with E-state index < -0.39 is 0 Å². The molecule has 2 heteroatoms. The van der Waals surface area contributed by atoms with Crippen molar-refractivity contribution in [3.63, 3.8) is 0 Å². The lowest BCUT2D eigenvalue weighted by Crippen LogP contribution is -2.55. The Labute approximate surface area is 204 Å². The van der Waals surface area contributed by atoms with E-state index in [2.05, 4.69) is 61.1 Å². The van der Waals surface area contributed by atoms with Crippen LogP contribution in [0.1, 0.15) is 106 Å². The van der Waals surface area contributed by atoms with Gasteiger partial charge in [0.25, 0.3) is 0 Å². The van der Waals surface area contributed by atoms with Gasteiger partial charge in [-0.15, -0.1) is 0 Å². The third kappa shape index (κ3) is 4.31. The Hall–Kier alpha value is -0.600. The molecular weight excluding hydrogens is 404 g/mol. The van der Waals surface area contributed by atoms with E-state index in [4.69, 9.17) is 0 Å². The number of aliphatic hydroxyl groups excluding tert-OH is 2. The molecule has 0 spiro atoms. The first-order valence-corrected chi connectivity index (χ1v) is 14.0. The molecular formula is C31H52O2. The van der Waals surface area contributed by atoms with Crippen molar-refractivity contribution in [2.75, 3.05) is 0 Å². The van der Waals surface area contributed by atoms with Crippen LogP contribution >= 0.6 is 0 Å². The molecule has 0 aliphatic heterocycles. The lowest BCUT2D eigenvalue weighted by Gasteiger charge is -2.59. The summed E-state index contributed by atoms with van der Waals surface area (Å²) in [5, 5.41) is 21.7. The summed E-state index contributed by atoms with van der Waals surface area (Å²) in [4.78, 5) is 0. The molecule has 4 rings (SSSR count). The minimum Gasteiger partial charge on any atom is -0.393 e. The largest absolute Gasteiger partial charge is 0.393 e. The van der Waals surface area contributed by atoms with E-state index in [0.717, 1.165) is 31.1 Å². The predicted octanol–water partition coefficient (Wildman–Crippen LogP) is 7.55. The highest BCUT2D eigenvalue weighted by atomic mass is 16.3. The number of aliphatic hydroxyl groups is 2. The fraction of sp³-hybridized carbons (Fsp3) is 0.871. The summed E-state index contributed by atoms with van der Waals surface area (Å²) >= 11 is 0. The number of allylic oxidation sites excluding steroid dienone is 1. The first kappa shape index (κ1) is 25.5. The molecule has 0 aromatic carbocycles. The zero-order valence-corrected chi connectivity index (χ0v) is 22.7. The van der Waals surface area contributed by atoms with E-state index in [1.807, 2.05) is 0 Å². The second-order valence-electron chi connectivity index (χ2n) is 14.3. The van der Waals surface area contributed by atoms with Crippen LogP contribution in [0.2, 0.25) is 0 Å². The molecule has 5 unspecified atom stereocenters. The van der Waals surface area contributed by atoms with E-state index in [1.54, 1.807) is 0 Å². The summed E-state index contributed by atoms with van der Waals surface area (Å²) in [6, 6.07) is 0. The van der Waals surface area contributed by atoms with Gasteiger partial charge < -0.3 is 10.2 Å². The van der Waals surface area contributed by atoms with Gasteiger partial charge in [-0.3, -0.25) is 0 Å². The molecule has 0 saturated heterocycles. The Morgan fingerprint density at radius 3 is 2.39 bits per heavy atom. The van der Waals surface area contributed by atoms with Gasteiger partial charge in [0.15, 0.2) is 0 Å². The minimum absolute atomic E-state index is 0.190. The summed E-state index contributed by atoms with van der Waals surface area (Å²) in [5.41, 5.74) is 3.53. The summed E-state index contributed by atoms with van der Waals surface area (Å²) in [6.45, 7) is 21.2. The zero-order chi connectivity index (χ0) is 24.3. The number of rotatable bonds is 5. The Morgan fingerprint density at radius 1 is 1.06 bits per heavy atom. The van der Waals surface area contributed by atoms with E-state index in [0.29, 0.717) is 29.1 Å². The third-order valence-electron chi connectivity index (χ3n) is 11.4. The highest BCUT2D eigenvalue weighted by Crippen LogP contribution is 2.67. The number of fused-ring (bicyclic) bond motifs is 5. The predicted molar refractivity (Wildman–Crippen MR) is 139 cm³/mol. The first-order valence-electron chi connectivity index (χ1n) is 14.0. The molecule has 0 aromatic rings. The first-order chi connectivity index (χ1) is 15.3. The maximum atomic E-state index is 11.4. The van der Waals surface area contributed by atoms with Crippen molar-refractivity contribution in [2.24, 2.45) is 51.8 Å². The van der Waals surface area contributed by atoms with Crippen molar-refractivity contribution in [1.29, 1.82) is 0 Å². The summed E-state index contributed by atoms with van der Waals surface area (Å²) in [7, 11) is 0. The fourth-order valence-corrected chi connectivity index (χ4v) is 9.65. The van der Waals surface area contributed by atoms with Gasteiger partial charge in [0.2, 0.25) is 0 Å². The van der Waals surface area contributed by atoms with Crippen LogP contribution in [0.25, 0.3) is 0 Å². The van der Waals surface area contributed by atoms with Gasteiger partial charge >= 0.3 is 0 Å². The Morgan fingerprint density at radius 2 is 1.76 bits per heavy atom. The molecule has 0 bridgehead atoms. The smallest absolute Gasteiger partial charge is 0.0757 e. The monoisotopic (exact) mass is 456 g/mol. The van der Waals surface area contributed by atoms with Crippen LogP contribution in [-0.2, 0) is 0 Å². The van der Waals surface area contributed by atoms with Crippen LogP contribution < -0.4 is 0 Å². The van der Waals surface area contributed by atoms with Crippen LogP contribution in [0.3, 0.4) is 0 Å². The molecule has 4 aliphatic rings. The molecule has 33 heavy (non-hydrogen) atoms. The molecule has 4 aliphatic carbocycles. The van der Waals surface area contributed by atoms with Gasteiger partial charge in [0, 0.05) is 0 Å². The van der Waals surface area contributed by atoms with Crippen LogP contribution in [0, 0.1) is 51.8 Å². The molecule has 0 heterocycles. The topological polar surface area (TPSA) is 40.5 Å². The van der Waals surface area contributed by atoms with Gasteiger partial charge in [-0.2, -0.15) is 0 Å². The standard InChI is InChI=1S/C31H52O2/c1-19(2)23(29(4,5)6)10-9-20(3)24-11-12-25-28-26(14-16-31(24,25)8)30(7)15-13-22(32)17-21(30)18-27(28)33/h18,20,22-28,32-33H,1,9-17H2,2-8H3/t20?,22-,23?,24+,25?,26?,27-,28?,30-,31+/m0/s1. The summed E-state index contributed by atoms with van der Waals surface area (Å²) < 4.78 is 0. The van der Waals surface area contributed by atoms with Crippen molar-refractivity contribution < 1.29 is 10.2 Å². The molecule has 188 valence electrons. The van der Waals surface area contributed by atoms with Crippen LogP contribution in [0.15, 0.2) is 23.8 Å². The molecule has 0 amide bonds. The van der Waals surface area contributed by atoms with Crippen molar-refractivity contribution >= 4 is 0 Å². The van der Waals surface area contributed by atoms with Gasteiger partial charge in [0.05, 0.1) is 12.2 Å². The average Bonchev–Trinajstić information content (AvgIpc) is 3.05. The zero-order valence-electron chi connectivity index (χ0n) is 22.7. The number of hydrogen-bond donors (Lipinski definition) is 2.